The highest BCUT2D eigenvalue weighted by Crippen LogP contribution is 2.19. The number of fused-ring (bicyclic) bond motifs is 1. The minimum Gasteiger partial charge on any atom is -0.390 e. The summed E-state index contributed by atoms with van der Waals surface area (Å²) in [5.74, 6) is 0. The zero-order valence-corrected chi connectivity index (χ0v) is 11.1. The van der Waals surface area contributed by atoms with Crippen LogP contribution in [0.5, 0.6) is 0 Å². The van der Waals surface area contributed by atoms with Crippen molar-refractivity contribution in [3.63, 3.8) is 0 Å². The molecular formula is C14H20N2O2. The lowest BCUT2D eigenvalue weighted by Crippen LogP contribution is -2.28. The van der Waals surface area contributed by atoms with Crippen LogP contribution in [0.3, 0.4) is 0 Å². The Hall–Kier alpha value is -1.39. The summed E-state index contributed by atoms with van der Waals surface area (Å²) in [5.41, 5.74) is 2.01. The smallest absolute Gasteiger partial charge is 0.0855 e. The summed E-state index contributed by atoms with van der Waals surface area (Å²) >= 11 is 0. The number of rotatable bonds is 5. The predicted octanol–water partition coefficient (Wildman–Crippen LogP) is 1.90. The van der Waals surface area contributed by atoms with Crippen molar-refractivity contribution in [1.82, 2.24) is 9.78 Å². The van der Waals surface area contributed by atoms with E-state index >= 15 is 0 Å². The Kier molecular flexibility index (Phi) is 3.99. The topological polar surface area (TPSA) is 47.3 Å². The van der Waals surface area contributed by atoms with Crippen LogP contribution in [-0.4, -0.2) is 33.7 Å². The fraction of sp³-hybridized carbons (Fsp3) is 0.500. The van der Waals surface area contributed by atoms with Gasteiger partial charge in [0, 0.05) is 25.5 Å². The Labute approximate surface area is 107 Å². The van der Waals surface area contributed by atoms with E-state index in [1.807, 2.05) is 49.8 Å². The molecule has 1 aromatic carbocycles. The molecule has 1 N–H and O–H groups in total. The summed E-state index contributed by atoms with van der Waals surface area (Å²) in [7, 11) is 1.92. The van der Waals surface area contributed by atoms with E-state index in [1.165, 1.54) is 0 Å². The van der Waals surface area contributed by atoms with E-state index in [0.717, 1.165) is 16.6 Å². The maximum atomic E-state index is 10.1. The van der Waals surface area contributed by atoms with Gasteiger partial charge in [-0.3, -0.25) is 4.68 Å². The number of para-hydroxylation sites is 1. The van der Waals surface area contributed by atoms with E-state index in [2.05, 4.69) is 5.10 Å². The Morgan fingerprint density at radius 2 is 2.11 bits per heavy atom. The highest BCUT2D eigenvalue weighted by atomic mass is 16.5. The van der Waals surface area contributed by atoms with Gasteiger partial charge in [0.05, 0.1) is 23.4 Å². The number of hydrogen-bond donors (Lipinski definition) is 1. The van der Waals surface area contributed by atoms with Crippen molar-refractivity contribution in [3.05, 3.63) is 30.0 Å². The SMILES string of the molecule is CCOC(C)C(O)Cc1nn(C)c2ccccc12. The van der Waals surface area contributed by atoms with Crippen LogP contribution < -0.4 is 0 Å². The third kappa shape index (κ3) is 2.54. The first kappa shape index (κ1) is 13.1. The molecule has 2 rings (SSSR count). The van der Waals surface area contributed by atoms with E-state index in [0.29, 0.717) is 13.0 Å². The number of aryl methyl sites for hydroxylation is 1. The maximum Gasteiger partial charge on any atom is 0.0855 e. The molecular weight excluding hydrogens is 228 g/mol. The van der Waals surface area contributed by atoms with Crippen molar-refractivity contribution in [2.45, 2.75) is 32.5 Å². The fourth-order valence-electron chi connectivity index (χ4n) is 2.18. The number of aliphatic hydroxyl groups excluding tert-OH is 1. The Bertz CT molecular complexity index is 521. The lowest BCUT2D eigenvalue weighted by atomic mass is 10.1. The molecule has 0 fully saturated rings. The molecule has 0 aliphatic rings. The molecule has 2 atom stereocenters. The Balaban J connectivity index is 2.21. The molecule has 1 aromatic heterocycles. The monoisotopic (exact) mass is 248 g/mol. The maximum absolute atomic E-state index is 10.1. The quantitative estimate of drug-likeness (QED) is 0.879. The van der Waals surface area contributed by atoms with Crippen LogP contribution in [0.25, 0.3) is 10.9 Å². The third-order valence-corrected chi connectivity index (χ3v) is 3.21. The van der Waals surface area contributed by atoms with Crippen molar-refractivity contribution < 1.29 is 9.84 Å². The van der Waals surface area contributed by atoms with Crippen molar-refractivity contribution in [2.75, 3.05) is 6.61 Å². The van der Waals surface area contributed by atoms with Gasteiger partial charge in [-0.25, -0.2) is 0 Å². The van der Waals surface area contributed by atoms with E-state index < -0.39 is 6.10 Å². The second-order valence-electron chi connectivity index (χ2n) is 4.52. The average molecular weight is 248 g/mol. The summed E-state index contributed by atoms with van der Waals surface area (Å²) in [5, 5.41) is 15.7. The number of ether oxygens (including phenoxy) is 1. The number of nitrogens with zero attached hydrogens (tertiary/aromatic N) is 2. The van der Waals surface area contributed by atoms with Gasteiger partial charge in [-0.1, -0.05) is 18.2 Å². The first-order chi connectivity index (χ1) is 8.63. The van der Waals surface area contributed by atoms with Crippen molar-refractivity contribution in [1.29, 1.82) is 0 Å². The Morgan fingerprint density at radius 3 is 2.83 bits per heavy atom. The minimum absolute atomic E-state index is 0.171. The van der Waals surface area contributed by atoms with Gasteiger partial charge in [-0.2, -0.15) is 5.10 Å². The standard InChI is InChI=1S/C14H20N2O2/c1-4-18-10(2)14(17)9-12-11-7-5-6-8-13(11)16(3)15-12/h5-8,10,14,17H,4,9H2,1-3H3. The molecule has 0 saturated carbocycles. The van der Waals surface area contributed by atoms with Crippen LogP contribution in [0.1, 0.15) is 19.5 Å². The normalized spacial score (nSPS) is 14.9. The molecule has 1 heterocycles. The number of aliphatic hydroxyl groups is 1. The summed E-state index contributed by atoms with van der Waals surface area (Å²) in [6.45, 7) is 4.43. The number of hydrogen-bond acceptors (Lipinski definition) is 3. The predicted molar refractivity (Wildman–Crippen MR) is 71.5 cm³/mol. The average Bonchev–Trinajstić information content (AvgIpc) is 2.67. The molecule has 98 valence electrons. The molecule has 4 heteroatoms. The third-order valence-electron chi connectivity index (χ3n) is 3.21. The van der Waals surface area contributed by atoms with Crippen LogP contribution in [0.4, 0.5) is 0 Å². The molecule has 2 aromatic rings. The highest BCUT2D eigenvalue weighted by molar-refractivity contribution is 5.81. The van der Waals surface area contributed by atoms with E-state index in [4.69, 9.17) is 4.74 Å². The summed E-state index contributed by atoms with van der Waals surface area (Å²) < 4.78 is 7.26. The number of aromatic nitrogens is 2. The van der Waals surface area contributed by atoms with Gasteiger partial charge in [-0.05, 0) is 19.9 Å². The molecule has 0 bridgehead atoms. The first-order valence-electron chi connectivity index (χ1n) is 6.33. The van der Waals surface area contributed by atoms with Crippen LogP contribution in [0, 0.1) is 0 Å². The highest BCUT2D eigenvalue weighted by Gasteiger charge is 2.18. The molecule has 0 saturated heterocycles. The molecule has 0 aliphatic carbocycles. The second-order valence-corrected chi connectivity index (χ2v) is 4.52. The molecule has 2 unspecified atom stereocenters. The van der Waals surface area contributed by atoms with Crippen molar-refractivity contribution >= 4 is 10.9 Å². The lowest BCUT2D eigenvalue weighted by Gasteiger charge is -2.17. The summed E-state index contributed by atoms with van der Waals surface area (Å²) in [4.78, 5) is 0. The summed E-state index contributed by atoms with van der Waals surface area (Å²) in [6, 6.07) is 8.05. The van der Waals surface area contributed by atoms with Gasteiger partial charge >= 0.3 is 0 Å². The lowest BCUT2D eigenvalue weighted by molar-refractivity contribution is -0.0211. The van der Waals surface area contributed by atoms with E-state index in [-0.39, 0.29) is 6.10 Å². The van der Waals surface area contributed by atoms with Crippen LogP contribution in [0.15, 0.2) is 24.3 Å². The molecule has 0 amide bonds. The van der Waals surface area contributed by atoms with Crippen LogP contribution in [0.2, 0.25) is 0 Å². The van der Waals surface area contributed by atoms with Gasteiger partial charge in [0.1, 0.15) is 0 Å². The molecule has 0 aliphatic heterocycles. The van der Waals surface area contributed by atoms with Gasteiger partial charge in [-0.15, -0.1) is 0 Å². The molecule has 18 heavy (non-hydrogen) atoms. The van der Waals surface area contributed by atoms with Gasteiger partial charge < -0.3 is 9.84 Å². The van der Waals surface area contributed by atoms with Crippen molar-refractivity contribution in [3.8, 4) is 0 Å². The largest absolute Gasteiger partial charge is 0.390 e. The van der Waals surface area contributed by atoms with Gasteiger partial charge in [0.15, 0.2) is 0 Å². The number of benzene rings is 1. The van der Waals surface area contributed by atoms with E-state index in [1.54, 1.807) is 0 Å². The zero-order valence-electron chi connectivity index (χ0n) is 11.1. The van der Waals surface area contributed by atoms with Crippen molar-refractivity contribution in [2.24, 2.45) is 7.05 Å². The minimum atomic E-state index is -0.525. The zero-order chi connectivity index (χ0) is 13.1. The summed E-state index contributed by atoms with van der Waals surface area (Å²) in [6.07, 6.45) is -0.179. The second kappa shape index (κ2) is 5.50. The fourth-order valence-corrected chi connectivity index (χ4v) is 2.18. The van der Waals surface area contributed by atoms with Gasteiger partial charge in [0.2, 0.25) is 0 Å². The van der Waals surface area contributed by atoms with Crippen LogP contribution in [-0.2, 0) is 18.2 Å². The van der Waals surface area contributed by atoms with Gasteiger partial charge in [0.25, 0.3) is 0 Å². The first-order valence-corrected chi connectivity index (χ1v) is 6.33. The molecule has 0 radical (unpaired) electrons. The van der Waals surface area contributed by atoms with E-state index in [9.17, 15) is 5.11 Å². The molecule has 0 spiro atoms. The van der Waals surface area contributed by atoms with Crippen LogP contribution >= 0.6 is 0 Å². The molecule has 4 nitrogen and oxygen atoms in total. The Morgan fingerprint density at radius 1 is 1.39 bits per heavy atom.